The van der Waals surface area contributed by atoms with E-state index in [0.717, 1.165) is 38.3 Å². The van der Waals surface area contributed by atoms with Crippen molar-refractivity contribution in [3.05, 3.63) is 30.0 Å². The first kappa shape index (κ1) is 18.6. The Morgan fingerprint density at radius 3 is 2.65 bits per heavy atom. The molecule has 26 heavy (non-hydrogen) atoms. The molecule has 3 heterocycles. The zero-order chi connectivity index (χ0) is 18.5. The Hall–Kier alpha value is -2.22. The number of amides is 1. The van der Waals surface area contributed by atoms with E-state index in [4.69, 9.17) is 4.42 Å². The summed E-state index contributed by atoms with van der Waals surface area (Å²) in [6.45, 7) is 10.4. The van der Waals surface area contributed by atoms with Crippen LogP contribution in [-0.4, -0.2) is 62.1 Å². The Bertz CT molecular complexity index is 688. The first-order valence-electron chi connectivity index (χ1n) is 9.43. The number of nitrogens with zero attached hydrogens (tertiary/aromatic N) is 6. The van der Waals surface area contributed by atoms with E-state index in [1.54, 1.807) is 12.1 Å². The van der Waals surface area contributed by atoms with Crippen LogP contribution in [0.4, 0.5) is 0 Å². The van der Waals surface area contributed by atoms with Crippen LogP contribution in [-0.2, 0) is 6.54 Å². The largest absolute Gasteiger partial charge is 0.459 e. The van der Waals surface area contributed by atoms with Crippen molar-refractivity contribution in [2.45, 2.75) is 46.2 Å². The molecule has 1 saturated heterocycles. The molecule has 0 unspecified atom stereocenters. The van der Waals surface area contributed by atoms with E-state index >= 15 is 0 Å². The standard InChI is InChI=1S/C18H28N6O2/c1-4-15(17-19-20-21-24(17)8-7-14(2)3)22-9-11-23(12-10-22)18(25)16-6-5-13-26-16/h5-6,13-15H,4,7-12H2,1-3H3/t15-/m1/s1. The van der Waals surface area contributed by atoms with Gasteiger partial charge in [0.1, 0.15) is 0 Å². The number of carbonyl (C=O) groups is 1. The second-order valence-electron chi connectivity index (χ2n) is 7.17. The van der Waals surface area contributed by atoms with Gasteiger partial charge >= 0.3 is 0 Å². The first-order valence-corrected chi connectivity index (χ1v) is 9.43. The van der Waals surface area contributed by atoms with Crippen molar-refractivity contribution in [1.82, 2.24) is 30.0 Å². The molecule has 0 radical (unpaired) electrons. The Morgan fingerprint density at radius 2 is 2.04 bits per heavy atom. The lowest BCUT2D eigenvalue weighted by molar-refractivity contribution is 0.0520. The third-order valence-electron chi connectivity index (χ3n) is 4.94. The Labute approximate surface area is 154 Å². The third kappa shape index (κ3) is 4.12. The number of carbonyl (C=O) groups excluding carboxylic acids is 1. The molecule has 0 aromatic carbocycles. The van der Waals surface area contributed by atoms with Gasteiger partial charge < -0.3 is 9.32 Å². The average Bonchev–Trinajstić information content (AvgIpc) is 3.33. The second-order valence-corrected chi connectivity index (χ2v) is 7.17. The molecule has 1 aliphatic heterocycles. The van der Waals surface area contributed by atoms with Crippen molar-refractivity contribution >= 4 is 5.91 Å². The average molecular weight is 360 g/mol. The van der Waals surface area contributed by atoms with Crippen molar-refractivity contribution in [2.24, 2.45) is 5.92 Å². The maximum atomic E-state index is 12.4. The van der Waals surface area contributed by atoms with E-state index in [9.17, 15) is 4.79 Å². The number of aryl methyl sites for hydroxylation is 1. The Balaban J connectivity index is 1.62. The predicted octanol–water partition coefficient (Wildman–Crippen LogP) is 2.22. The number of rotatable bonds is 7. The summed E-state index contributed by atoms with van der Waals surface area (Å²) in [7, 11) is 0. The molecule has 0 bridgehead atoms. The van der Waals surface area contributed by atoms with Crippen LogP contribution in [0.15, 0.2) is 22.8 Å². The fourth-order valence-corrected chi connectivity index (χ4v) is 3.39. The maximum Gasteiger partial charge on any atom is 0.289 e. The quantitative estimate of drug-likeness (QED) is 0.753. The van der Waals surface area contributed by atoms with Crippen LogP contribution >= 0.6 is 0 Å². The third-order valence-corrected chi connectivity index (χ3v) is 4.94. The molecular formula is C18H28N6O2. The zero-order valence-electron chi connectivity index (χ0n) is 15.8. The van der Waals surface area contributed by atoms with Crippen LogP contribution in [0.5, 0.6) is 0 Å². The summed E-state index contributed by atoms with van der Waals surface area (Å²) >= 11 is 0. The highest BCUT2D eigenvalue weighted by molar-refractivity contribution is 5.91. The molecule has 1 atom stereocenters. The van der Waals surface area contributed by atoms with Crippen molar-refractivity contribution in [3.63, 3.8) is 0 Å². The van der Waals surface area contributed by atoms with Gasteiger partial charge in [0.25, 0.3) is 5.91 Å². The summed E-state index contributed by atoms with van der Waals surface area (Å²) in [5, 5.41) is 12.4. The highest BCUT2D eigenvalue weighted by atomic mass is 16.3. The molecular weight excluding hydrogens is 332 g/mol. The van der Waals surface area contributed by atoms with E-state index in [0.29, 0.717) is 24.8 Å². The minimum atomic E-state index is -0.0375. The lowest BCUT2D eigenvalue weighted by Crippen LogP contribution is -2.50. The van der Waals surface area contributed by atoms with Crippen LogP contribution in [0, 0.1) is 5.92 Å². The van der Waals surface area contributed by atoms with Gasteiger partial charge in [-0.25, -0.2) is 4.68 Å². The topological polar surface area (TPSA) is 80.3 Å². The summed E-state index contributed by atoms with van der Waals surface area (Å²) in [6, 6.07) is 3.64. The molecule has 0 spiro atoms. The lowest BCUT2D eigenvalue weighted by atomic mass is 10.1. The van der Waals surface area contributed by atoms with Gasteiger partial charge in [0, 0.05) is 32.7 Å². The fraction of sp³-hybridized carbons (Fsp3) is 0.667. The van der Waals surface area contributed by atoms with Crippen LogP contribution in [0.25, 0.3) is 0 Å². The van der Waals surface area contributed by atoms with Gasteiger partial charge in [-0.05, 0) is 41.3 Å². The first-order chi connectivity index (χ1) is 12.6. The Morgan fingerprint density at radius 1 is 1.27 bits per heavy atom. The molecule has 1 aliphatic rings. The number of furan rings is 1. The summed E-state index contributed by atoms with van der Waals surface area (Å²) in [5.41, 5.74) is 0. The normalized spacial score (nSPS) is 17.0. The minimum Gasteiger partial charge on any atom is -0.459 e. The number of tetrazole rings is 1. The molecule has 0 aliphatic carbocycles. The van der Waals surface area contributed by atoms with Gasteiger partial charge in [0.05, 0.1) is 12.3 Å². The monoisotopic (exact) mass is 360 g/mol. The van der Waals surface area contributed by atoms with Crippen molar-refractivity contribution in [3.8, 4) is 0 Å². The number of hydrogen-bond acceptors (Lipinski definition) is 6. The molecule has 3 rings (SSSR count). The van der Waals surface area contributed by atoms with Gasteiger partial charge in [0.15, 0.2) is 11.6 Å². The van der Waals surface area contributed by atoms with Crippen molar-refractivity contribution in [1.29, 1.82) is 0 Å². The molecule has 2 aromatic rings. The van der Waals surface area contributed by atoms with E-state index in [1.165, 1.54) is 6.26 Å². The smallest absolute Gasteiger partial charge is 0.289 e. The summed E-state index contributed by atoms with van der Waals surface area (Å²) in [6.07, 6.45) is 3.53. The zero-order valence-corrected chi connectivity index (χ0v) is 15.8. The summed E-state index contributed by atoms with van der Waals surface area (Å²) < 4.78 is 7.17. The van der Waals surface area contributed by atoms with Crippen molar-refractivity contribution < 1.29 is 9.21 Å². The summed E-state index contributed by atoms with van der Waals surface area (Å²) in [4.78, 5) is 16.6. The molecule has 1 amide bonds. The summed E-state index contributed by atoms with van der Waals surface area (Å²) in [5.74, 6) is 1.91. The predicted molar refractivity (Wildman–Crippen MR) is 96.5 cm³/mol. The Kier molecular flexibility index (Phi) is 6.03. The van der Waals surface area contributed by atoms with Gasteiger partial charge in [-0.3, -0.25) is 9.69 Å². The fourth-order valence-electron chi connectivity index (χ4n) is 3.39. The SMILES string of the molecule is CC[C@H](c1nnnn1CCC(C)C)N1CCN(C(=O)c2ccco2)CC1. The number of piperazine rings is 1. The second kappa shape index (κ2) is 8.44. The van der Waals surface area contributed by atoms with Crippen molar-refractivity contribution in [2.75, 3.05) is 26.2 Å². The van der Waals surface area contributed by atoms with Crippen LogP contribution in [0.3, 0.4) is 0 Å². The van der Waals surface area contributed by atoms with Gasteiger partial charge in [-0.2, -0.15) is 0 Å². The van der Waals surface area contributed by atoms with Gasteiger partial charge in [-0.1, -0.05) is 20.8 Å². The highest BCUT2D eigenvalue weighted by Gasteiger charge is 2.30. The van der Waals surface area contributed by atoms with Crippen LogP contribution in [0.2, 0.25) is 0 Å². The number of hydrogen-bond donors (Lipinski definition) is 0. The molecule has 142 valence electrons. The molecule has 1 fully saturated rings. The highest BCUT2D eigenvalue weighted by Crippen LogP contribution is 2.24. The van der Waals surface area contributed by atoms with E-state index < -0.39 is 0 Å². The molecule has 0 saturated carbocycles. The van der Waals surface area contributed by atoms with Gasteiger partial charge in [0.2, 0.25) is 0 Å². The maximum absolute atomic E-state index is 12.4. The van der Waals surface area contributed by atoms with Gasteiger partial charge in [-0.15, -0.1) is 5.10 Å². The van der Waals surface area contributed by atoms with E-state index in [1.807, 2.05) is 9.58 Å². The minimum absolute atomic E-state index is 0.0375. The van der Waals surface area contributed by atoms with Crippen LogP contribution in [0.1, 0.15) is 56.0 Å². The van der Waals surface area contributed by atoms with E-state index in [2.05, 4.69) is 41.2 Å². The van der Waals surface area contributed by atoms with E-state index in [-0.39, 0.29) is 11.9 Å². The molecule has 8 heteroatoms. The van der Waals surface area contributed by atoms with Crippen LogP contribution < -0.4 is 0 Å². The molecule has 0 N–H and O–H groups in total. The molecule has 2 aromatic heterocycles. The number of aromatic nitrogens is 4. The lowest BCUT2D eigenvalue weighted by Gasteiger charge is -2.38. The molecule has 8 nitrogen and oxygen atoms in total.